The molecule has 0 spiro atoms. The van der Waals surface area contributed by atoms with E-state index in [0.29, 0.717) is 5.41 Å². The van der Waals surface area contributed by atoms with E-state index in [1.807, 2.05) is 16.6 Å². The zero-order chi connectivity index (χ0) is 12.2. The van der Waals surface area contributed by atoms with E-state index in [4.69, 9.17) is 0 Å². The number of nitrogens with zero attached hydrogens (tertiary/aromatic N) is 3. The highest BCUT2D eigenvalue weighted by atomic mass is 15.4. The van der Waals surface area contributed by atoms with E-state index >= 15 is 0 Å². The highest BCUT2D eigenvalue weighted by Gasteiger charge is 2.53. The van der Waals surface area contributed by atoms with Crippen LogP contribution in [0.15, 0.2) is 18.2 Å². The Kier molecular flexibility index (Phi) is 1.99. The first-order valence-corrected chi connectivity index (χ1v) is 6.83. The lowest BCUT2D eigenvalue weighted by atomic mass is 10.0. The fraction of sp³-hybridized carbons (Fsp3) is 0.571. The van der Waals surface area contributed by atoms with Crippen molar-refractivity contribution in [2.24, 2.45) is 11.3 Å². The van der Waals surface area contributed by atoms with Crippen molar-refractivity contribution in [3.63, 3.8) is 0 Å². The number of anilines is 1. The molecule has 0 unspecified atom stereocenters. The minimum absolute atomic E-state index is 0.590. The summed E-state index contributed by atoms with van der Waals surface area (Å²) in [5.74, 6) is 1.75. The van der Waals surface area contributed by atoms with Crippen LogP contribution in [0.5, 0.6) is 0 Å². The fourth-order valence-corrected chi connectivity index (χ4v) is 2.95. The van der Waals surface area contributed by atoms with Crippen molar-refractivity contribution in [1.82, 2.24) is 14.6 Å². The molecule has 0 aliphatic heterocycles. The van der Waals surface area contributed by atoms with E-state index in [9.17, 15) is 0 Å². The highest BCUT2D eigenvalue weighted by molar-refractivity contribution is 5.44. The molecule has 2 aliphatic rings. The predicted octanol–water partition coefficient (Wildman–Crippen LogP) is 2.64. The number of aryl methyl sites for hydroxylation is 1. The van der Waals surface area contributed by atoms with Gasteiger partial charge in [-0.15, -0.1) is 5.10 Å². The summed E-state index contributed by atoms with van der Waals surface area (Å²) in [6, 6.07) is 6.08. The van der Waals surface area contributed by atoms with Gasteiger partial charge >= 0.3 is 0 Å². The van der Waals surface area contributed by atoms with Crippen molar-refractivity contribution < 1.29 is 0 Å². The van der Waals surface area contributed by atoms with Gasteiger partial charge in [-0.1, -0.05) is 6.07 Å². The molecule has 0 amide bonds. The lowest BCUT2D eigenvalue weighted by Crippen LogP contribution is -2.18. The van der Waals surface area contributed by atoms with Crippen LogP contribution in [0.2, 0.25) is 0 Å². The van der Waals surface area contributed by atoms with Crippen LogP contribution < -0.4 is 5.32 Å². The number of rotatable bonds is 4. The fourth-order valence-electron chi connectivity index (χ4n) is 2.95. The van der Waals surface area contributed by atoms with Gasteiger partial charge in [0.1, 0.15) is 0 Å². The molecule has 4 heteroatoms. The van der Waals surface area contributed by atoms with Gasteiger partial charge in [0.15, 0.2) is 5.65 Å². The summed E-state index contributed by atoms with van der Waals surface area (Å²) in [5, 5.41) is 7.96. The van der Waals surface area contributed by atoms with E-state index in [-0.39, 0.29) is 0 Å². The molecule has 1 N–H and O–H groups in total. The third-order valence-electron chi connectivity index (χ3n) is 4.48. The molecule has 2 aromatic rings. The molecule has 0 saturated heterocycles. The summed E-state index contributed by atoms with van der Waals surface area (Å²) in [4.78, 5) is 4.52. The molecule has 0 bridgehead atoms. The van der Waals surface area contributed by atoms with Gasteiger partial charge in [-0.3, -0.25) is 0 Å². The Hall–Kier alpha value is -1.58. The standard InChI is InChI=1S/C14H18N4/c1-10-3-2-4-12-16-13(17-18(10)12)15-9-14(7-8-14)11-5-6-11/h2-4,11H,5-9H2,1H3,(H,15,17). The molecule has 2 aromatic heterocycles. The molecule has 4 rings (SSSR count). The summed E-state index contributed by atoms with van der Waals surface area (Å²) >= 11 is 0. The van der Waals surface area contributed by atoms with Crippen LogP contribution in [0.3, 0.4) is 0 Å². The largest absolute Gasteiger partial charge is 0.352 e. The van der Waals surface area contributed by atoms with Crippen molar-refractivity contribution in [2.45, 2.75) is 32.6 Å². The molecule has 2 fully saturated rings. The normalized spacial score (nSPS) is 21.2. The van der Waals surface area contributed by atoms with E-state index in [1.54, 1.807) is 0 Å². The van der Waals surface area contributed by atoms with Gasteiger partial charge in [-0.25, -0.2) is 4.52 Å². The van der Waals surface area contributed by atoms with Gasteiger partial charge in [0.2, 0.25) is 5.95 Å². The van der Waals surface area contributed by atoms with Crippen LogP contribution in [0, 0.1) is 18.3 Å². The second kappa shape index (κ2) is 3.46. The summed E-state index contributed by atoms with van der Waals surface area (Å²) in [6.45, 7) is 3.10. The number of hydrogen-bond acceptors (Lipinski definition) is 3. The molecule has 2 heterocycles. The first kappa shape index (κ1) is 10.4. The van der Waals surface area contributed by atoms with Crippen LogP contribution >= 0.6 is 0 Å². The molecule has 0 radical (unpaired) electrons. The van der Waals surface area contributed by atoms with E-state index in [2.05, 4.69) is 28.4 Å². The third kappa shape index (κ3) is 1.59. The van der Waals surface area contributed by atoms with Gasteiger partial charge in [0, 0.05) is 12.2 Å². The zero-order valence-corrected chi connectivity index (χ0v) is 10.7. The lowest BCUT2D eigenvalue weighted by molar-refractivity contribution is 0.465. The van der Waals surface area contributed by atoms with Crippen LogP contribution in [0.1, 0.15) is 31.4 Å². The average molecular weight is 242 g/mol. The molecule has 2 saturated carbocycles. The molecular formula is C14H18N4. The summed E-state index contributed by atoms with van der Waals surface area (Å²) < 4.78 is 1.90. The second-order valence-electron chi connectivity index (χ2n) is 5.86. The SMILES string of the molecule is Cc1cccc2nc(NCC3(C4CC4)CC3)nn12. The highest BCUT2D eigenvalue weighted by Crippen LogP contribution is 2.61. The molecule has 2 aliphatic carbocycles. The molecular weight excluding hydrogens is 224 g/mol. The van der Waals surface area contributed by atoms with Crippen LogP contribution in [-0.4, -0.2) is 21.1 Å². The van der Waals surface area contributed by atoms with Crippen molar-refractivity contribution >= 4 is 11.6 Å². The lowest BCUT2D eigenvalue weighted by Gasteiger charge is -2.13. The van der Waals surface area contributed by atoms with Gasteiger partial charge in [0.05, 0.1) is 0 Å². The Morgan fingerprint density at radius 1 is 1.39 bits per heavy atom. The van der Waals surface area contributed by atoms with E-state index in [1.165, 1.54) is 25.7 Å². The number of aromatic nitrogens is 3. The molecule has 94 valence electrons. The van der Waals surface area contributed by atoms with Crippen molar-refractivity contribution in [3.05, 3.63) is 23.9 Å². The Balaban J connectivity index is 1.54. The van der Waals surface area contributed by atoms with Gasteiger partial charge in [-0.2, -0.15) is 4.98 Å². The number of fused-ring (bicyclic) bond motifs is 1. The maximum absolute atomic E-state index is 4.52. The monoisotopic (exact) mass is 242 g/mol. The van der Waals surface area contributed by atoms with Crippen LogP contribution in [-0.2, 0) is 0 Å². The number of pyridine rings is 1. The Labute approximate surface area is 106 Å². The average Bonchev–Trinajstić information content (AvgIpc) is 3.24. The Morgan fingerprint density at radius 2 is 2.22 bits per heavy atom. The van der Waals surface area contributed by atoms with Crippen molar-refractivity contribution in [1.29, 1.82) is 0 Å². The van der Waals surface area contributed by atoms with Gasteiger partial charge in [-0.05, 0) is 56.1 Å². The maximum Gasteiger partial charge on any atom is 0.243 e. The van der Waals surface area contributed by atoms with Crippen molar-refractivity contribution in [3.8, 4) is 0 Å². The van der Waals surface area contributed by atoms with Gasteiger partial charge in [0.25, 0.3) is 0 Å². The molecule has 0 aromatic carbocycles. The Bertz CT molecular complexity index is 593. The summed E-state index contributed by atoms with van der Waals surface area (Å²) in [6.07, 6.45) is 5.63. The van der Waals surface area contributed by atoms with E-state index in [0.717, 1.165) is 29.8 Å². The maximum atomic E-state index is 4.52. The zero-order valence-electron chi connectivity index (χ0n) is 10.7. The summed E-state index contributed by atoms with van der Waals surface area (Å²) in [5.41, 5.74) is 2.64. The first-order valence-electron chi connectivity index (χ1n) is 6.83. The first-order chi connectivity index (χ1) is 8.77. The minimum atomic E-state index is 0.590. The molecule has 4 nitrogen and oxygen atoms in total. The topological polar surface area (TPSA) is 42.2 Å². The quantitative estimate of drug-likeness (QED) is 0.896. The second-order valence-corrected chi connectivity index (χ2v) is 5.86. The smallest absolute Gasteiger partial charge is 0.243 e. The van der Waals surface area contributed by atoms with Crippen LogP contribution in [0.25, 0.3) is 5.65 Å². The number of nitrogens with one attached hydrogen (secondary N) is 1. The van der Waals surface area contributed by atoms with Crippen LogP contribution in [0.4, 0.5) is 5.95 Å². The van der Waals surface area contributed by atoms with Gasteiger partial charge < -0.3 is 5.32 Å². The minimum Gasteiger partial charge on any atom is -0.352 e. The summed E-state index contributed by atoms with van der Waals surface area (Å²) in [7, 11) is 0. The van der Waals surface area contributed by atoms with E-state index < -0.39 is 0 Å². The van der Waals surface area contributed by atoms with Crippen molar-refractivity contribution in [2.75, 3.05) is 11.9 Å². The predicted molar refractivity (Wildman–Crippen MR) is 70.6 cm³/mol. The molecule has 18 heavy (non-hydrogen) atoms. The third-order valence-corrected chi connectivity index (χ3v) is 4.48. The Morgan fingerprint density at radius 3 is 2.89 bits per heavy atom. The number of hydrogen-bond donors (Lipinski definition) is 1. The molecule has 0 atom stereocenters.